The molecule has 1 aromatic rings. The Morgan fingerprint density at radius 1 is 1.24 bits per heavy atom. The van der Waals surface area contributed by atoms with Crippen LogP contribution in [-0.2, 0) is 4.79 Å². The van der Waals surface area contributed by atoms with E-state index in [9.17, 15) is 22.4 Å². The number of piperazine rings is 1. The summed E-state index contributed by atoms with van der Waals surface area (Å²) in [4.78, 5) is 13.6. The van der Waals surface area contributed by atoms with Gasteiger partial charge in [0.15, 0.2) is 0 Å². The molecule has 1 aromatic carbocycles. The van der Waals surface area contributed by atoms with Crippen LogP contribution < -0.4 is 16.4 Å². The quantitative estimate of drug-likeness (QED) is 0.656. The highest BCUT2D eigenvalue weighted by Crippen LogP contribution is 2.25. The highest BCUT2D eigenvalue weighted by atomic mass is 19.4. The van der Waals surface area contributed by atoms with Crippen LogP contribution in [0.25, 0.3) is 0 Å². The number of carbonyl (C=O) groups is 1. The molecule has 0 spiro atoms. The molecule has 0 aliphatic carbocycles. The van der Waals surface area contributed by atoms with E-state index in [2.05, 4.69) is 10.6 Å². The molecule has 1 aliphatic heterocycles. The van der Waals surface area contributed by atoms with E-state index in [0.29, 0.717) is 18.7 Å². The average molecular weight is 362 g/mol. The maximum absolute atomic E-state index is 13.3. The molecule has 2 rings (SSSR count). The van der Waals surface area contributed by atoms with Crippen molar-refractivity contribution in [3.8, 4) is 0 Å². The molecule has 2 atom stereocenters. The van der Waals surface area contributed by atoms with Crippen molar-refractivity contribution < 1.29 is 22.4 Å². The summed E-state index contributed by atoms with van der Waals surface area (Å²) in [5.74, 6) is -1.88. The molecular formula is C16H22F4N4O. The lowest BCUT2D eigenvalue weighted by Gasteiger charge is -2.36. The zero-order valence-electron chi connectivity index (χ0n) is 13.7. The van der Waals surface area contributed by atoms with Gasteiger partial charge in [0.05, 0.1) is 5.92 Å². The van der Waals surface area contributed by atoms with Gasteiger partial charge in [-0.05, 0) is 17.7 Å². The van der Waals surface area contributed by atoms with Crippen LogP contribution in [0.2, 0.25) is 0 Å². The number of carbonyl (C=O) groups excluding carboxylic acids is 1. The first-order chi connectivity index (χ1) is 11.8. The van der Waals surface area contributed by atoms with Crippen LogP contribution in [0, 0.1) is 5.82 Å². The predicted octanol–water partition coefficient (Wildman–Crippen LogP) is 0.820. The molecular weight excluding hydrogens is 340 g/mol. The molecule has 5 nitrogen and oxygen atoms in total. The Labute approximate surface area is 143 Å². The molecule has 25 heavy (non-hydrogen) atoms. The van der Waals surface area contributed by atoms with Crippen LogP contribution in [-0.4, -0.2) is 62.3 Å². The number of hydrogen-bond acceptors (Lipinski definition) is 4. The maximum atomic E-state index is 13.3. The molecule has 1 amide bonds. The third-order valence-electron chi connectivity index (χ3n) is 4.26. The summed E-state index contributed by atoms with van der Waals surface area (Å²) >= 11 is 0. The number of hydrogen-bond donors (Lipinski definition) is 3. The number of nitrogens with two attached hydrogens (primary N) is 1. The Morgan fingerprint density at radius 2 is 1.84 bits per heavy atom. The monoisotopic (exact) mass is 362 g/mol. The highest BCUT2D eigenvalue weighted by molar-refractivity contribution is 5.83. The Bertz CT molecular complexity index is 558. The minimum atomic E-state index is -4.45. The molecule has 140 valence electrons. The van der Waals surface area contributed by atoms with Crippen molar-refractivity contribution in [1.82, 2.24) is 15.5 Å². The summed E-state index contributed by atoms with van der Waals surface area (Å²) in [5, 5.41) is 5.35. The lowest BCUT2D eigenvalue weighted by Crippen LogP contribution is -2.57. The third kappa shape index (κ3) is 5.38. The van der Waals surface area contributed by atoms with E-state index in [-0.39, 0.29) is 19.6 Å². The first-order valence-electron chi connectivity index (χ1n) is 8.07. The van der Waals surface area contributed by atoms with E-state index in [1.165, 1.54) is 29.2 Å². The van der Waals surface area contributed by atoms with Crippen molar-refractivity contribution in [1.29, 1.82) is 0 Å². The predicted molar refractivity (Wildman–Crippen MR) is 85.5 cm³/mol. The van der Waals surface area contributed by atoms with E-state index in [4.69, 9.17) is 5.73 Å². The molecule has 1 aliphatic rings. The van der Waals surface area contributed by atoms with Gasteiger partial charge in [-0.3, -0.25) is 9.69 Å². The first-order valence-corrected chi connectivity index (χ1v) is 8.07. The van der Waals surface area contributed by atoms with Crippen LogP contribution in [0.4, 0.5) is 17.6 Å². The van der Waals surface area contributed by atoms with Gasteiger partial charge in [0.1, 0.15) is 11.9 Å². The lowest BCUT2D eigenvalue weighted by molar-refractivity contribution is -0.184. The van der Waals surface area contributed by atoms with Gasteiger partial charge in [-0.15, -0.1) is 0 Å². The van der Waals surface area contributed by atoms with E-state index in [0.717, 1.165) is 0 Å². The van der Waals surface area contributed by atoms with E-state index in [1.54, 1.807) is 0 Å². The van der Waals surface area contributed by atoms with Gasteiger partial charge in [-0.2, -0.15) is 13.2 Å². The van der Waals surface area contributed by atoms with Crippen molar-refractivity contribution in [2.75, 3.05) is 39.3 Å². The van der Waals surface area contributed by atoms with Crippen molar-refractivity contribution in [3.63, 3.8) is 0 Å². The summed E-state index contributed by atoms with van der Waals surface area (Å²) in [6.45, 7) is 0.849. The summed E-state index contributed by atoms with van der Waals surface area (Å²) in [6, 6.07) is 3.44. The fourth-order valence-electron chi connectivity index (χ4n) is 2.86. The van der Waals surface area contributed by atoms with Gasteiger partial charge in [0.25, 0.3) is 0 Å². The number of benzene rings is 1. The smallest absolute Gasteiger partial charge is 0.354 e. The zero-order valence-corrected chi connectivity index (χ0v) is 13.7. The minimum Gasteiger partial charge on any atom is -0.354 e. The van der Waals surface area contributed by atoms with Gasteiger partial charge in [0.2, 0.25) is 5.91 Å². The first kappa shape index (κ1) is 19.6. The molecule has 9 heteroatoms. The van der Waals surface area contributed by atoms with Crippen LogP contribution in [0.3, 0.4) is 0 Å². The SMILES string of the molecule is NCC(C(=O)NCC(N1CCNCC1)C(F)(F)F)c1ccc(F)cc1. The summed E-state index contributed by atoms with van der Waals surface area (Å²) in [6.07, 6.45) is -4.45. The number of alkyl halides is 3. The molecule has 1 saturated heterocycles. The van der Waals surface area contributed by atoms with Gasteiger partial charge >= 0.3 is 6.18 Å². The normalized spacial score (nSPS) is 18.6. The maximum Gasteiger partial charge on any atom is 0.405 e. The molecule has 1 fully saturated rings. The van der Waals surface area contributed by atoms with Gasteiger partial charge in [-0.25, -0.2) is 4.39 Å². The van der Waals surface area contributed by atoms with Crippen LogP contribution in [0.15, 0.2) is 24.3 Å². The Hall–Kier alpha value is -1.71. The van der Waals surface area contributed by atoms with Crippen LogP contribution in [0.1, 0.15) is 11.5 Å². The van der Waals surface area contributed by atoms with E-state index in [1.807, 2.05) is 0 Å². The second-order valence-electron chi connectivity index (χ2n) is 5.93. The minimum absolute atomic E-state index is 0.0816. The molecule has 0 radical (unpaired) electrons. The van der Waals surface area contributed by atoms with Crippen molar-refractivity contribution in [3.05, 3.63) is 35.6 Å². The van der Waals surface area contributed by atoms with E-state index < -0.39 is 36.4 Å². The number of nitrogens with one attached hydrogen (secondary N) is 2. The molecule has 2 unspecified atom stereocenters. The van der Waals surface area contributed by atoms with Crippen molar-refractivity contribution in [2.24, 2.45) is 5.73 Å². The molecule has 0 saturated carbocycles. The zero-order chi connectivity index (χ0) is 18.4. The van der Waals surface area contributed by atoms with Gasteiger partial charge < -0.3 is 16.4 Å². The largest absolute Gasteiger partial charge is 0.405 e. The number of amides is 1. The van der Waals surface area contributed by atoms with Gasteiger partial charge in [-0.1, -0.05) is 12.1 Å². The third-order valence-corrected chi connectivity index (χ3v) is 4.26. The topological polar surface area (TPSA) is 70.4 Å². The lowest BCUT2D eigenvalue weighted by atomic mass is 9.98. The number of nitrogens with zero attached hydrogens (tertiary/aromatic N) is 1. The fourth-order valence-corrected chi connectivity index (χ4v) is 2.86. The van der Waals surface area contributed by atoms with E-state index >= 15 is 0 Å². The number of rotatable bonds is 6. The summed E-state index contributed by atoms with van der Waals surface area (Å²) in [5.41, 5.74) is 6.05. The van der Waals surface area contributed by atoms with Crippen LogP contribution >= 0.6 is 0 Å². The Balaban J connectivity index is 2.02. The van der Waals surface area contributed by atoms with Crippen molar-refractivity contribution in [2.45, 2.75) is 18.1 Å². The molecule has 4 N–H and O–H groups in total. The number of halogens is 4. The van der Waals surface area contributed by atoms with Crippen molar-refractivity contribution >= 4 is 5.91 Å². The Morgan fingerprint density at radius 3 is 2.36 bits per heavy atom. The molecule has 0 bridgehead atoms. The van der Waals surface area contributed by atoms with Gasteiger partial charge in [0, 0.05) is 39.3 Å². The molecule has 0 aromatic heterocycles. The second-order valence-corrected chi connectivity index (χ2v) is 5.93. The average Bonchev–Trinajstić information content (AvgIpc) is 2.57. The summed E-state index contributed by atoms with van der Waals surface area (Å²) < 4.78 is 53.0. The fraction of sp³-hybridized carbons (Fsp3) is 0.562. The second kappa shape index (κ2) is 8.59. The Kier molecular flexibility index (Phi) is 6.74. The van der Waals surface area contributed by atoms with Crippen LogP contribution in [0.5, 0.6) is 0 Å². The summed E-state index contributed by atoms with van der Waals surface area (Å²) in [7, 11) is 0. The highest BCUT2D eigenvalue weighted by Gasteiger charge is 2.44. The molecule has 1 heterocycles. The standard InChI is InChI=1S/C16H22F4N4O/c17-12-3-1-11(2-4-12)13(9-21)15(25)23-10-14(16(18,19)20)24-7-5-22-6-8-24/h1-4,13-14,22H,5-10,21H2,(H,23,25).